The second-order valence-corrected chi connectivity index (χ2v) is 9.00. The van der Waals surface area contributed by atoms with E-state index in [9.17, 15) is 13.2 Å². The molecule has 0 bridgehead atoms. The van der Waals surface area contributed by atoms with Crippen LogP contribution in [0.3, 0.4) is 0 Å². The van der Waals surface area contributed by atoms with E-state index in [1.54, 1.807) is 0 Å². The number of hydrogen-bond donors (Lipinski definition) is 1. The molecule has 0 saturated carbocycles. The third-order valence-corrected chi connectivity index (χ3v) is 6.87. The molecule has 1 amide bonds. The van der Waals surface area contributed by atoms with Crippen molar-refractivity contribution < 1.29 is 22.7 Å². The van der Waals surface area contributed by atoms with E-state index in [2.05, 4.69) is 16.9 Å². The van der Waals surface area contributed by atoms with Gasteiger partial charge in [-0.05, 0) is 36.5 Å². The number of rotatable bonds is 8. The van der Waals surface area contributed by atoms with Gasteiger partial charge in [0.05, 0.1) is 19.1 Å². The Balaban J connectivity index is 1.49. The van der Waals surface area contributed by atoms with Crippen molar-refractivity contribution in [3.8, 4) is 11.5 Å². The van der Waals surface area contributed by atoms with Crippen LogP contribution in [0.4, 0.5) is 0 Å². The van der Waals surface area contributed by atoms with Crippen molar-refractivity contribution in [2.45, 2.75) is 30.1 Å². The van der Waals surface area contributed by atoms with Crippen molar-refractivity contribution in [3.05, 3.63) is 54.1 Å². The Morgan fingerprint density at radius 2 is 1.70 bits per heavy atom. The smallest absolute Gasteiger partial charge is 0.240 e. The summed E-state index contributed by atoms with van der Waals surface area (Å²) < 4.78 is 37.8. The Kier molecular flexibility index (Phi) is 7.33. The molecule has 3 rings (SSSR count). The lowest BCUT2D eigenvalue weighted by Gasteiger charge is -2.32. The largest absolute Gasteiger partial charge is 0.493 e. The van der Waals surface area contributed by atoms with Crippen molar-refractivity contribution in [1.82, 2.24) is 9.62 Å². The number of piperidine rings is 1. The van der Waals surface area contributed by atoms with Crippen LogP contribution in [-0.4, -0.2) is 53.1 Å². The summed E-state index contributed by atoms with van der Waals surface area (Å²) in [5, 5.41) is 0. The van der Waals surface area contributed by atoms with Crippen LogP contribution >= 0.6 is 0 Å². The van der Waals surface area contributed by atoms with Gasteiger partial charge in [-0.3, -0.25) is 4.79 Å². The highest BCUT2D eigenvalue weighted by Crippen LogP contribution is 2.30. The first-order valence-electron chi connectivity index (χ1n) is 9.99. The zero-order valence-electron chi connectivity index (χ0n) is 17.3. The SMILES string of the molecule is COc1ccc(S(=O)(=O)NCCC(=O)N2CCC(c3ccccc3)CC2)cc1OC. The Bertz CT molecular complexity index is 955. The van der Waals surface area contributed by atoms with Gasteiger partial charge < -0.3 is 14.4 Å². The van der Waals surface area contributed by atoms with Crippen LogP contribution < -0.4 is 14.2 Å². The molecule has 0 aromatic heterocycles. The molecule has 1 aliphatic rings. The summed E-state index contributed by atoms with van der Waals surface area (Å²) in [6, 6.07) is 14.7. The van der Waals surface area contributed by atoms with E-state index in [0.29, 0.717) is 30.5 Å². The molecule has 0 aliphatic carbocycles. The number of amides is 1. The highest BCUT2D eigenvalue weighted by Gasteiger charge is 2.24. The average Bonchev–Trinajstić information content (AvgIpc) is 2.79. The zero-order valence-corrected chi connectivity index (χ0v) is 18.2. The number of carbonyl (C=O) groups is 1. The monoisotopic (exact) mass is 432 g/mol. The Hall–Kier alpha value is -2.58. The summed E-state index contributed by atoms with van der Waals surface area (Å²) in [6.45, 7) is 1.44. The molecule has 0 unspecified atom stereocenters. The van der Waals surface area contributed by atoms with E-state index in [-0.39, 0.29) is 23.8 Å². The first-order chi connectivity index (χ1) is 14.4. The van der Waals surface area contributed by atoms with Crippen LogP contribution in [-0.2, 0) is 14.8 Å². The summed E-state index contributed by atoms with van der Waals surface area (Å²) in [4.78, 5) is 14.4. The zero-order chi connectivity index (χ0) is 21.6. The third-order valence-electron chi connectivity index (χ3n) is 5.41. The molecule has 0 radical (unpaired) electrons. The van der Waals surface area contributed by atoms with Gasteiger partial charge in [0, 0.05) is 32.1 Å². The maximum absolute atomic E-state index is 12.5. The Morgan fingerprint density at radius 1 is 1.03 bits per heavy atom. The maximum atomic E-state index is 12.5. The third kappa shape index (κ3) is 5.31. The van der Waals surface area contributed by atoms with Gasteiger partial charge in [-0.2, -0.15) is 0 Å². The fraction of sp³-hybridized carbons (Fsp3) is 0.409. The van der Waals surface area contributed by atoms with Gasteiger partial charge >= 0.3 is 0 Å². The highest BCUT2D eigenvalue weighted by molar-refractivity contribution is 7.89. The molecule has 1 saturated heterocycles. The Labute approximate surface area is 178 Å². The van der Waals surface area contributed by atoms with Gasteiger partial charge in [0.1, 0.15) is 0 Å². The quantitative estimate of drug-likeness (QED) is 0.693. The lowest BCUT2D eigenvalue weighted by molar-refractivity contribution is -0.132. The van der Waals surface area contributed by atoms with Crippen molar-refractivity contribution in [2.24, 2.45) is 0 Å². The summed E-state index contributed by atoms with van der Waals surface area (Å²) >= 11 is 0. The van der Waals surface area contributed by atoms with E-state index in [1.807, 2.05) is 23.1 Å². The number of ether oxygens (including phenoxy) is 2. The minimum Gasteiger partial charge on any atom is -0.493 e. The molecule has 162 valence electrons. The summed E-state index contributed by atoms with van der Waals surface area (Å²) in [5.74, 6) is 1.22. The van der Waals surface area contributed by atoms with E-state index >= 15 is 0 Å². The number of nitrogens with one attached hydrogen (secondary N) is 1. The standard InChI is InChI=1S/C22H28N2O5S/c1-28-20-9-8-19(16-21(20)29-2)30(26,27)23-13-10-22(25)24-14-11-18(12-15-24)17-6-4-3-5-7-17/h3-9,16,18,23H,10-15H2,1-2H3. The Morgan fingerprint density at radius 3 is 2.33 bits per heavy atom. The summed E-state index contributed by atoms with van der Waals surface area (Å²) in [7, 11) is -0.815. The lowest BCUT2D eigenvalue weighted by atomic mass is 9.89. The van der Waals surface area contributed by atoms with Crippen LogP contribution in [0.25, 0.3) is 0 Å². The molecule has 30 heavy (non-hydrogen) atoms. The molecule has 1 aliphatic heterocycles. The van der Waals surface area contributed by atoms with Crippen molar-refractivity contribution in [2.75, 3.05) is 33.9 Å². The van der Waals surface area contributed by atoms with Crippen molar-refractivity contribution >= 4 is 15.9 Å². The fourth-order valence-corrected chi connectivity index (χ4v) is 4.75. The number of nitrogens with zero attached hydrogens (tertiary/aromatic N) is 1. The predicted octanol–water partition coefficient (Wildman–Crippen LogP) is 2.78. The van der Waals surface area contributed by atoms with Gasteiger partial charge in [-0.25, -0.2) is 13.1 Å². The molecule has 0 spiro atoms. The van der Waals surface area contributed by atoms with Crippen LogP contribution in [0.15, 0.2) is 53.4 Å². The molecule has 1 fully saturated rings. The molecule has 1 heterocycles. The summed E-state index contributed by atoms with van der Waals surface area (Å²) in [6.07, 6.45) is 1.97. The molecule has 7 nitrogen and oxygen atoms in total. The van der Waals surface area contributed by atoms with Gasteiger partial charge in [0.25, 0.3) is 0 Å². The minimum absolute atomic E-state index is 0.0310. The number of benzene rings is 2. The fourth-order valence-electron chi connectivity index (χ4n) is 3.70. The van der Waals surface area contributed by atoms with Crippen LogP contribution in [0.1, 0.15) is 30.7 Å². The van der Waals surface area contributed by atoms with E-state index in [1.165, 1.54) is 38.0 Å². The summed E-state index contributed by atoms with van der Waals surface area (Å²) in [5.41, 5.74) is 1.31. The molecule has 2 aromatic carbocycles. The van der Waals surface area contributed by atoms with E-state index in [0.717, 1.165) is 12.8 Å². The van der Waals surface area contributed by atoms with E-state index < -0.39 is 10.0 Å². The second kappa shape index (κ2) is 9.95. The first-order valence-corrected chi connectivity index (χ1v) is 11.5. The molecular weight excluding hydrogens is 404 g/mol. The second-order valence-electron chi connectivity index (χ2n) is 7.23. The molecule has 0 atom stereocenters. The predicted molar refractivity (Wildman–Crippen MR) is 114 cm³/mol. The molecule has 2 aromatic rings. The van der Waals surface area contributed by atoms with Crippen molar-refractivity contribution in [1.29, 1.82) is 0 Å². The van der Waals surface area contributed by atoms with Gasteiger partial charge in [0.15, 0.2) is 11.5 Å². The first kappa shape index (κ1) is 22.1. The van der Waals surface area contributed by atoms with Crippen molar-refractivity contribution in [3.63, 3.8) is 0 Å². The maximum Gasteiger partial charge on any atom is 0.240 e. The molecule has 1 N–H and O–H groups in total. The van der Waals surface area contributed by atoms with Crippen LogP contribution in [0.5, 0.6) is 11.5 Å². The number of hydrogen-bond acceptors (Lipinski definition) is 5. The molecular formula is C22H28N2O5S. The normalized spacial score (nSPS) is 15.1. The van der Waals surface area contributed by atoms with Crippen LogP contribution in [0, 0.1) is 0 Å². The highest BCUT2D eigenvalue weighted by atomic mass is 32.2. The minimum atomic E-state index is -3.75. The van der Waals surface area contributed by atoms with Gasteiger partial charge in [-0.15, -0.1) is 0 Å². The van der Waals surface area contributed by atoms with Gasteiger partial charge in [-0.1, -0.05) is 30.3 Å². The number of carbonyl (C=O) groups excluding carboxylic acids is 1. The molecule has 8 heteroatoms. The number of likely N-dealkylation sites (tertiary alicyclic amines) is 1. The average molecular weight is 433 g/mol. The topological polar surface area (TPSA) is 84.9 Å². The van der Waals surface area contributed by atoms with Gasteiger partial charge in [0.2, 0.25) is 15.9 Å². The lowest BCUT2D eigenvalue weighted by Crippen LogP contribution is -2.39. The number of sulfonamides is 1. The van der Waals surface area contributed by atoms with Crippen LogP contribution in [0.2, 0.25) is 0 Å². The van der Waals surface area contributed by atoms with E-state index in [4.69, 9.17) is 9.47 Å². The number of methoxy groups -OCH3 is 2.